The predicted molar refractivity (Wildman–Crippen MR) is 136 cm³/mol. The lowest BCUT2D eigenvalue weighted by Crippen LogP contribution is -2.49. The first-order valence-corrected chi connectivity index (χ1v) is 13.1. The van der Waals surface area contributed by atoms with Gasteiger partial charge in [0.1, 0.15) is 16.1 Å². The molecule has 7 nitrogen and oxygen atoms in total. The average Bonchev–Trinajstić information content (AvgIpc) is 3.21. The maximum Gasteiger partial charge on any atom is 0.267 e. The monoisotopic (exact) mass is 496 g/mol. The van der Waals surface area contributed by atoms with E-state index in [0.29, 0.717) is 22.0 Å². The number of nitrogens with zero attached hydrogens (tertiary/aromatic N) is 3. The summed E-state index contributed by atoms with van der Waals surface area (Å²) in [7, 11) is 1.60. The number of carbonyl (C=O) groups is 1. The Hall–Kier alpha value is -2.83. The molecule has 9 heteroatoms. The van der Waals surface area contributed by atoms with E-state index in [1.54, 1.807) is 42.1 Å². The third kappa shape index (κ3) is 4.57. The predicted octanol–water partition coefficient (Wildman–Crippen LogP) is 4.48. The highest BCUT2D eigenvalue weighted by atomic mass is 32.2. The number of nitriles is 1. The zero-order valence-corrected chi connectivity index (χ0v) is 21.4. The van der Waals surface area contributed by atoms with Crippen molar-refractivity contribution < 1.29 is 9.53 Å². The number of amides is 1. The van der Waals surface area contributed by atoms with Gasteiger partial charge in [-0.1, -0.05) is 25.6 Å². The minimum absolute atomic E-state index is 0.0448. The van der Waals surface area contributed by atoms with Crippen molar-refractivity contribution in [2.24, 2.45) is 5.92 Å². The standard InChI is InChI=1S/C25H28N4O3S2/c1-15(2)25(3,14-26)28-20(30)13-33-24-27-22-21(18-7-5-6-8-19(18)34-22)23(31)29(24)16-9-11-17(32-4)12-10-16/h9-12,15H,5-8,13H2,1-4H3,(H,28,30). The van der Waals surface area contributed by atoms with Gasteiger partial charge in [-0.05, 0) is 68.4 Å². The molecule has 2 aromatic heterocycles. The number of thiophene rings is 1. The molecule has 34 heavy (non-hydrogen) atoms. The Morgan fingerprint density at radius 3 is 2.68 bits per heavy atom. The molecule has 0 bridgehead atoms. The quantitative estimate of drug-likeness (QED) is 0.383. The van der Waals surface area contributed by atoms with Gasteiger partial charge in [0.2, 0.25) is 5.91 Å². The number of nitrogens with one attached hydrogen (secondary N) is 1. The van der Waals surface area contributed by atoms with Gasteiger partial charge in [-0.3, -0.25) is 14.2 Å². The molecule has 178 valence electrons. The molecule has 1 aliphatic rings. The highest BCUT2D eigenvalue weighted by molar-refractivity contribution is 7.99. The Morgan fingerprint density at radius 1 is 1.32 bits per heavy atom. The van der Waals surface area contributed by atoms with Crippen molar-refractivity contribution in [3.8, 4) is 17.5 Å². The largest absolute Gasteiger partial charge is 0.497 e. The Kier molecular flexibility index (Phi) is 7.01. The number of aryl methyl sites for hydroxylation is 2. The van der Waals surface area contributed by atoms with Crippen LogP contribution in [0.15, 0.2) is 34.2 Å². The van der Waals surface area contributed by atoms with Crippen LogP contribution >= 0.6 is 23.1 Å². The molecule has 4 rings (SSSR count). The summed E-state index contributed by atoms with van der Waals surface area (Å²) in [5, 5.41) is 13.5. The van der Waals surface area contributed by atoms with Crippen LogP contribution in [0.2, 0.25) is 0 Å². The SMILES string of the molecule is COc1ccc(-n2c(SCC(=O)NC(C)(C#N)C(C)C)nc3sc4c(c3c2=O)CCCC4)cc1. The van der Waals surface area contributed by atoms with E-state index in [1.807, 2.05) is 26.0 Å². The molecule has 1 aromatic carbocycles. The molecular formula is C25H28N4O3S2. The lowest BCUT2D eigenvalue weighted by molar-refractivity contribution is -0.120. The van der Waals surface area contributed by atoms with Crippen molar-refractivity contribution in [2.75, 3.05) is 12.9 Å². The number of fused-ring (bicyclic) bond motifs is 3. The van der Waals surface area contributed by atoms with Crippen LogP contribution in [0.1, 0.15) is 44.1 Å². The third-order valence-corrected chi connectivity index (χ3v) is 8.53. The van der Waals surface area contributed by atoms with Gasteiger partial charge < -0.3 is 10.1 Å². The molecule has 2 heterocycles. The van der Waals surface area contributed by atoms with Gasteiger partial charge in [0.15, 0.2) is 5.16 Å². The van der Waals surface area contributed by atoms with E-state index in [-0.39, 0.29) is 23.1 Å². The third-order valence-electron chi connectivity index (χ3n) is 6.41. The summed E-state index contributed by atoms with van der Waals surface area (Å²) in [6.45, 7) is 5.51. The molecule has 1 unspecified atom stereocenters. The molecule has 1 N–H and O–H groups in total. The van der Waals surface area contributed by atoms with Crippen LogP contribution in [0.5, 0.6) is 5.75 Å². The summed E-state index contributed by atoms with van der Waals surface area (Å²) in [5.41, 5.74) is 0.726. The zero-order chi connectivity index (χ0) is 24.5. The number of aromatic nitrogens is 2. The fourth-order valence-corrected chi connectivity index (χ4v) is 6.11. The lowest BCUT2D eigenvalue weighted by atomic mass is 9.90. The minimum atomic E-state index is -0.961. The van der Waals surface area contributed by atoms with Crippen molar-refractivity contribution in [1.29, 1.82) is 5.26 Å². The average molecular weight is 497 g/mol. The number of methoxy groups -OCH3 is 1. The molecule has 0 saturated heterocycles. The topological polar surface area (TPSA) is 97.0 Å². The van der Waals surface area contributed by atoms with Gasteiger partial charge in [0, 0.05) is 4.88 Å². The molecule has 1 atom stereocenters. The number of hydrogen-bond donors (Lipinski definition) is 1. The van der Waals surface area contributed by atoms with E-state index in [9.17, 15) is 14.9 Å². The van der Waals surface area contributed by atoms with Gasteiger partial charge in [-0.15, -0.1) is 11.3 Å². The Labute approximate surface area is 207 Å². The summed E-state index contributed by atoms with van der Waals surface area (Å²) in [6.07, 6.45) is 4.07. The van der Waals surface area contributed by atoms with E-state index in [4.69, 9.17) is 9.72 Å². The Morgan fingerprint density at radius 2 is 2.03 bits per heavy atom. The molecule has 0 radical (unpaired) electrons. The second-order valence-corrected chi connectivity index (χ2v) is 11.0. The molecule has 3 aromatic rings. The van der Waals surface area contributed by atoms with Crippen molar-refractivity contribution in [1.82, 2.24) is 14.9 Å². The van der Waals surface area contributed by atoms with Crippen molar-refractivity contribution in [2.45, 2.75) is 57.1 Å². The van der Waals surface area contributed by atoms with Crippen LogP contribution in [0, 0.1) is 17.2 Å². The van der Waals surface area contributed by atoms with Gasteiger partial charge in [0.05, 0.1) is 30.0 Å². The number of thioether (sulfide) groups is 1. The van der Waals surface area contributed by atoms with Crippen LogP contribution in [0.25, 0.3) is 15.9 Å². The maximum absolute atomic E-state index is 13.8. The lowest BCUT2D eigenvalue weighted by Gasteiger charge is -2.27. The molecule has 0 saturated carbocycles. The fraction of sp³-hybridized carbons (Fsp3) is 0.440. The van der Waals surface area contributed by atoms with Crippen molar-refractivity contribution >= 4 is 39.2 Å². The summed E-state index contributed by atoms with van der Waals surface area (Å²) < 4.78 is 6.86. The first kappa shape index (κ1) is 24.3. The van der Waals surface area contributed by atoms with Gasteiger partial charge in [-0.2, -0.15) is 5.26 Å². The van der Waals surface area contributed by atoms with Gasteiger partial charge in [-0.25, -0.2) is 4.98 Å². The summed E-state index contributed by atoms with van der Waals surface area (Å²) in [5.74, 6) is 0.417. The maximum atomic E-state index is 13.8. The van der Waals surface area contributed by atoms with Gasteiger partial charge >= 0.3 is 0 Å². The van der Waals surface area contributed by atoms with Crippen molar-refractivity contribution in [3.05, 3.63) is 45.1 Å². The molecule has 1 aliphatic carbocycles. The summed E-state index contributed by atoms with van der Waals surface area (Å²) in [4.78, 5) is 33.3. The summed E-state index contributed by atoms with van der Waals surface area (Å²) >= 11 is 2.79. The van der Waals surface area contributed by atoms with Crippen LogP contribution in [0.4, 0.5) is 0 Å². The van der Waals surface area contributed by atoms with Crippen LogP contribution < -0.4 is 15.6 Å². The number of hydrogen-bond acceptors (Lipinski definition) is 7. The van der Waals surface area contributed by atoms with E-state index < -0.39 is 5.54 Å². The van der Waals surface area contributed by atoms with E-state index in [1.165, 1.54) is 16.6 Å². The normalized spacial score (nSPS) is 14.9. The van der Waals surface area contributed by atoms with Crippen LogP contribution in [0.3, 0.4) is 0 Å². The number of carbonyl (C=O) groups excluding carboxylic acids is 1. The second-order valence-electron chi connectivity index (χ2n) is 8.93. The van der Waals surface area contributed by atoms with E-state index in [0.717, 1.165) is 36.1 Å². The van der Waals surface area contributed by atoms with Crippen molar-refractivity contribution in [3.63, 3.8) is 0 Å². The summed E-state index contributed by atoms with van der Waals surface area (Å²) in [6, 6.07) is 9.44. The van der Waals surface area contributed by atoms with Gasteiger partial charge in [0.25, 0.3) is 5.56 Å². The molecule has 0 spiro atoms. The Bertz CT molecular complexity index is 1320. The highest BCUT2D eigenvalue weighted by Gasteiger charge is 2.30. The van der Waals surface area contributed by atoms with Crippen LogP contribution in [-0.2, 0) is 17.6 Å². The van der Waals surface area contributed by atoms with E-state index in [2.05, 4.69) is 11.4 Å². The second kappa shape index (κ2) is 9.80. The molecule has 0 aliphatic heterocycles. The molecule has 0 fully saturated rings. The van der Waals surface area contributed by atoms with E-state index >= 15 is 0 Å². The first-order chi connectivity index (χ1) is 16.3. The number of ether oxygens (including phenoxy) is 1. The van der Waals surface area contributed by atoms with Crippen LogP contribution in [-0.4, -0.2) is 33.9 Å². The molecule has 1 amide bonds. The Balaban J connectivity index is 1.75. The first-order valence-electron chi connectivity index (χ1n) is 11.3. The minimum Gasteiger partial charge on any atom is -0.497 e. The fourth-order valence-electron chi connectivity index (χ4n) is 4.00. The molecular weight excluding hydrogens is 468 g/mol. The highest BCUT2D eigenvalue weighted by Crippen LogP contribution is 2.35. The zero-order valence-electron chi connectivity index (χ0n) is 19.8. The number of rotatable bonds is 7. The smallest absolute Gasteiger partial charge is 0.267 e. The number of benzene rings is 1.